The van der Waals surface area contributed by atoms with Crippen LogP contribution in [0.5, 0.6) is 0 Å². The highest BCUT2D eigenvalue weighted by Crippen LogP contribution is 2.13. The fourth-order valence-corrected chi connectivity index (χ4v) is 1.17. The Balaban J connectivity index is 2.31. The number of nitrogens with zero attached hydrogens (tertiary/aromatic N) is 5. The molecule has 0 atom stereocenters. The zero-order valence-corrected chi connectivity index (χ0v) is 8.12. The highest BCUT2D eigenvalue weighted by molar-refractivity contribution is 5.49. The summed E-state index contributed by atoms with van der Waals surface area (Å²) in [4.78, 5) is 3.53. The summed E-state index contributed by atoms with van der Waals surface area (Å²) in [7, 11) is 4.01. The molecule has 0 amide bonds. The van der Waals surface area contributed by atoms with Gasteiger partial charge < -0.3 is 4.90 Å². The van der Waals surface area contributed by atoms with Gasteiger partial charge in [0.05, 0.1) is 5.69 Å². The SMILES string of the molecule is CN(C)c1ccc(-n2ncnn2)cc1. The van der Waals surface area contributed by atoms with E-state index in [1.165, 1.54) is 11.1 Å². The first-order valence-electron chi connectivity index (χ1n) is 4.28. The first-order chi connectivity index (χ1) is 6.77. The third-order valence-electron chi connectivity index (χ3n) is 1.95. The molecule has 14 heavy (non-hydrogen) atoms. The van der Waals surface area contributed by atoms with Crippen LogP contribution in [0.1, 0.15) is 0 Å². The first kappa shape index (κ1) is 8.68. The number of tetrazole rings is 1. The van der Waals surface area contributed by atoms with Gasteiger partial charge in [-0.2, -0.15) is 0 Å². The molecule has 0 N–H and O–H groups in total. The van der Waals surface area contributed by atoms with Gasteiger partial charge in [0.15, 0.2) is 6.33 Å². The van der Waals surface area contributed by atoms with Crippen LogP contribution < -0.4 is 4.90 Å². The van der Waals surface area contributed by atoms with Crippen LogP contribution in [-0.2, 0) is 0 Å². The van der Waals surface area contributed by atoms with E-state index >= 15 is 0 Å². The summed E-state index contributed by atoms with van der Waals surface area (Å²) in [5.74, 6) is 0. The van der Waals surface area contributed by atoms with Gasteiger partial charge in [-0.05, 0) is 29.5 Å². The van der Waals surface area contributed by atoms with E-state index in [0.717, 1.165) is 11.4 Å². The number of hydrogen-bond acceptors (Lipinski definition) is 4. The Bertz CT molecular complexity index is 390. The van der Waals surface area contributed by atoms with Gasteiger partial charge in [-0.3, -0.25) is 0 Å². The molecule has 0 fully saturated rings. The van der Waals surface area contributed by atoms with E-state index in [1.54, 1.807) is 0 Å². The molecule has 2 aromatic rings. The lowest BCUT2D eigenvalue weighted by Crippen LogP contribution is -2.08. The molecule has 1 heterocycles. The average Bonchev–Trinajstić information content (AvgIpc) is 2.71. The third kappa shape index (κ3) is 1.56. The maximum atomic E-state index is 3.94. The monoisotopic (exact) mass is 189 g/mol. The van der Waals surface area contributed by atoms with Crippen molar-refractivity contribution in [2.24, 2.45) is 0 Å². The van der Waals surface area contributed by atoms with Crippen molar-refractivity contribution < 1.29 is 0 Å². The molecular formula is C9H11N5. The third-order valence-corrected chi connectivity index (χ3v) is 1.95. The van der Waals surface area contributed by atoms with Crippen LogP contribution in [0.4, 0.5) is 5.69 Å². The first-order valence-corrected chi connectivity index (χ1v) is 4.28. The van der Waals surface area contributed by atoms with Gasteiger partial charge in [-0.15, -0.1) is 15.0 Å². The average molecular weight is 189 g/mol. The molecule has 0 aliphatic heterocycles. The highest BCUT2D eigenvalue weighted by atomic mass is 15.6. The summed E-state index contributed by atoms with van der Waals surface area (Å²) in [6, 6.07) is 7.94. The molecule has 0 spiro atoms. The molecule has 0 saturated carbocycles. The van der Waals surface area contributed by atoms with Crippen molar-refractivity contribution in [2.45, 2.75) is 0 Å². The molecule has 1 aromatic carbocycles. The molecule has 5 nitrogen and oxygen atoms in total. The second-order valence-corrected chi connectivity index (χ2v) is 3.14. The van der Waals surface area contributed by atoms with Gasteiger partial charge in [0.25, 0.3) is 0 Å². The summed E-state index contributed by atoms with van der Waals surface area (Å²) in [6.45, 7) is 0. The smallest absolute Gasteiger partial charge is 0.162 e. The van der Waals surface area contributed by atoms with Crippen molar-refractivity contribution in [3.8, 4) is 5.69 Å². The largest absolute Gasteiger partial charge is 0.378 e. The normalized spacial score (nSPS) is 10.1. The van der Waals surface area contributed by atoms with Crippen molar-refractivity contribution >= 4 is 5.69 Å². The number of anilines is 1. The molecule has 2 rings (SSSR count). The van der Waals surface area contributed by atoms with Crippen LogP contribution in [0.3, 0.4) is 0 Å². The lowest BCUT2D eigenvalue weighted by atomic mass is 10.3. The van der Waals surface area contributed by atoms with Crippen molar-refractivity contribution in [1.82, 2.24) is 20.2 Å². The molecule has 0 saturated heterocycles. The maximum Gasteiger partial charge on any atom is 0.162 e. The summed E-state index contributed by atoms with van der Waals surface area (Å²) < 4.78 is 0. The molecule has 0 radical (unpaired) electrons. The molecule has 1 aromatic heterocycles. The molecule has 0 bridgehead atoms. The standard InChI is InChI=1S/C9H11N5/c1-13(2)8-3-5-9(6-4-8)14-11-7-10-12-14/h3-7H,1-2H3. The van der Waals surface area contributed by atoms with Crippen molar-refractivity contribution in [3.63, 3.8) is 0 Å². The Hall–Kier alpha value is -1.91. The molecule has 0 unspecified atom stereocenters. The number of hydrogen-bond donors (Lipinski definition) is 0. The van der Waals surface area contributed by atoms with E-state index < -0.39 is 0 Å². The van der Waals surface area contributed by atoms with Crippen LogP contribution >= 0.6 is 0 Å². The molecule has 0 aliphatic rings. The van der Waals surface area contributed by atoms with E-state index in [4.69, 9.17) is 0 Å². The zero-order chi connectivity index (χ0) is 9.97. The lowest BCUT2D eigenvalue weighted by Gasteiger charge is -2.11. The van der Waals surface area contributed by atoms with Gasteiger partial charge in [0.1, 0.15) is 0 Å². The summed E-state index contributed by atoms with van der Waals surface area (Å²) in [6.07, 6.45) is 1.42. The van der Waals surface area contributed by atoms with Gasteiger partial charge in [0.2, 0.25) is 0 Å². The quantitative estimate of drug-likeness (QED) is 0.698. The Morgan fingerprint density at radius 2 is 1.86 bits per heavy atom. The molecule has 0 aliphatic carbocycles. The van der Waals surface area contributed by atoms with Crippen LogP contribution in [0.25, 0.3) is 5.69 Å². The van der Waals surface area contributed by atoms with E-state index in [-0.39, 0.29) is 0 Å². The van der Waals surface area contributed by atoms with Crippen molar-refractivity contribution in [2.75, 3.05) is 19.0 Å². The van der Waals surface area contributed by atoms with Gasteiger partial charge in [-0.1, -0.05) is 0 Å². The topological polar surface area (TPSA) is 46.8 Å². The predicted octanol–water partition coefficient (Wildman–Crippen LogP) is 0.728. The minimum Gasteiger partial charge on any atom is -0.378 e. The Labute approximate surface area is 82.0 Å². The van der Waals surface area contributed by atoms with E-state index in [0.29, 0.717) is 0 Å². The second kappa shape index (κ2) is 3.45. The van der Waals surface area contributed by atoms with Crippen LogP contribution in [0.15, 0.2) is 30.6 Å². The van der Waals surface area contributed by atoms with E-state index in [9.17, 15) is 0 Å². The van der Waals surface area contributed by atoms with Crippen molar-refractivity contribution in [3.05, 3.63) is 30.6 Å². The van der Waals surface area contributed by atoms with Gasteiger partial charge in [0, 0.05) is 19.8 Å². The number of aromatic nitrogens is 4. The minimum atomic E-state index is 0.910. The molecule has 5 heteroatoms. The van der Waals surface area contributed by atoms with E-state index in [2.05, 4.69) is 15.4 Å². The predicted molar refractivity (Wildman–Crippen MR) is 53.5 cm³/mol. The Morgan fingerprint density at radius 3 is 2.36 bits per heavy atom. The maximum absolute atomic E-state index is 3.94. The van der Waals surface area contributed by atoms with Gasteiger partial charge >= 0.3 is 0 Å². The van der Waals surface area contributed by atoms with Crippen LogP contribution in [0.2, 0.25) is 0 Å². The fraction of sp³-hybridized carbons (Fsp3) is 0.222. The van der Waals surface area contributed by atoms with Crippen molar-refractivity contribution in [1.29, 1.82) is 0 Å². The highest BCUT2D eigenvalue weighted by Gasteiger charge is 1.98. The van der Waals surface area contributed by atoms with E-state index in [1.807, 2.05) is 43.3 Å². The van der Waals surface area contributed by atoms with Crippen LogP contribution in [-0.4, -0.2) is 34.3 Å². The zero-order valence-electron chi connectivity index (χ0n) is 8.12. The summed E-state index contributed by atoms with van der Waals surface area (Å²) >= 11 is 0. The molecular weight excluding hydrogens is 178 g/mol. The van der Waals surface area contributed by atoms with Gasteiger partial charge in [-0.25, -0.2) is 0 Å². The Kier molecular flexibility index (Phi) is 2.14. The minimum absolute atomic E-state index is 0.910. The number of benzene rings is 1. The fourth-order valence-electron chi connectivity index (χ4n) is 1.17. The van der Waals surface area contributed by atoms with Crippen LogP contribution in [0, 0.1) is 0 Å². The lowest BCUT2D eigenvalue weighted by molar-refractivity contribution is 0.720. The summed E-state index contributed by atoms with van der Waals surface area (Å²) in [5, 5.41) is 11.4. The number of rotatable bonds is 2. The second-order valence-electron chi connectivity index (χ2n) is 3.14. The Morgan fingerprint density at radius 1 is 1.14 bits per heavy atom. The summed E-state index contributed by atoms with van der Waals surface area (Å²) in [5.41, 5.74) is 2.06. The molecule has 72 valence electrons.